The van der Waals surface area contributed by atoms with Gasteiger partial charge in [-0.15, -0.1) is 0 Å². The molecule has 2 aliphatic heterocycles. The van der Waals surface area contributed by atoms with E-state index >= 15 is 0 Å². The molecular weight excluding hydrogens is 1630 g/mol. The number of ketones is 1. The van der Waals surface area contributed by atoms with Crippen molar-refractivity contribution in [2.24, 2.45) is 0 Å². The first-order valence-corrected chi connectivity index (χ1v) is 41.4. The molecule has 0 saturated carbocycles. The smallest absolute Gasteiger partial charge is 0.315 e. The minimum Gasteiger partial charge on any atom is -0.484 e. The van der Waals surface area contributed by atoms with E-state index in [1.165, 1.54) is 30.3 Å². The Kier molecular flexibility index (Phi) is 60.6. The zero-order chi connectivity index (χ0) is 87.2. The van der Waals surface area contributed by atoms with Gasteiger partial charge in [0.05, 0.1) is 255 Å². The van der Waals surface area contributed by atoms with Gasteiger partial charge in [-0.3, -0.25) is 47.9 Å². The summed E-state index contributed by atoms with van der Waals surface area (Å²) in [6.07, 6.45) is 2.00. The summed E-state index contributed by atoms with van der Waals surface area (Å²) < 4.78 is 112. The minimum absolute atomic E-state index is 0.0256. The van der Waals surface area contributed by atoms with Crippen LogP contribution in [0.4, 0.5) is 4.79 Å². The van der Waals surface area contributed by atoms with Gasteiger partial charge >= 0.3 is 29.9 Å². The van der Waals surface area contributed by atoms with Crippen molar-refractivity contribution >= 4 is 77.0 Å². The molecule has 7 amide bonds. The van der Waals surface area contributed by atoms with Crippen LogP contribution in [0.5, 0.6) is 23.0 Å². The average molecular weight is 1750 g/mol. The van der Waals surface area contributed by atoms with Crippen LogP contribution in [0.15, 0.2) is 30.3 Å². The summed E-state index contributed by atoms with van der Waals surface area (Å²) in [6.45, 7) is 4.51. The number of carboxylic acids is 4. The second-order valence-corrected chi connectivity index (χ2v) is 27.5. The molecule has 2 aromatic carbocycles. The van der Waals surface area contributed by atoms with E-state index in [0.717, 1.165) is 18.6 Å². The normalized spacial score (nSPS) is 14.0. The second-order valence-electron chi connectivity index (χ2n) is 26.2. The van der Waals surface area contributed by atoms with Crippen LogP contribution in [0.3, 0.4) is 0 Å². The molecule has 0 unspecified atom stereocenters. The topological polar surface area (TPSA) is 538 Å². The molecule has 686 valence electrons. The number of carbonyl (C=O) groups is 11. The summed E-state index contributed by atoms with van der Waals surface area (Å²) in [4.78, 5) is 136. The highest BCUT2D eigenvalue weighted by molar-refractivity contribution is 8.00. The lowest BCUT2D eigenvalue weighted by molar-refractivity contribution is -0.139. The van der Waals surface area contributed by atoms with Crippen LogP contribution in [0.2, 0.25) is 0 Å². The lowest BCUT2D eigenvalue weighted by Gasteiger charge is -2.19. The van der Waals surface area contributed by atoms with E-state index in [1.54, 1.807) is 11.8 Å². The van der Waals surface area contributed by atoms with Gasteiger partial charge < -0.3 is 152 Å². The van der Waals surface area contributed by atoms with Gasteiger partial charge in [-0.1, -0.05) is 6.42 Å². The fraction of sp³-hybridized carbons (Fsp3) is 0.705. The maximum absolute atomic E-state index is 14.8. The maximum Gasteiger partial charge on any atom is 0.315 e. The molecule has 2 aromatic rings. The number of amides is 7. The van der Waals surface area contributed by atoms with Crippen molar-refractivity contribution in [3.8, 4) is 34.1 Å². The molecule has 0 spiro atoms. The highest BCUT2D eigenvalue weighted by atomic mass is 32.2. The Hall–Kier alpha value is -8.48. The van der Waals surface area contributed by atoms with Crippen molar-refractivity contribution in [1.29, 1.82) is 0 Å². The summed E-state index contributed by atoms with van der Waals surface area (Å²) in [5, 5.41) is 54.9. The minimum atomic E-state index is -0.960. The molecule has 121 heavy (non-hydrogen) atoms. The summed E-state index contributed by atoms with van der Waals surface area (Å²) in [5.74, 6) is -6.21. The molecule has 0 aromatic heterocycles. The molecule has 4 rings (SSSR count). The molecule has 11 N–H and O–H groups in total. The maximum atomic E-state index is 14.8. The fourth-order valence-electron chi connectivity index (χ4n) is 10.6. The average Bonchev–Trinajstić information content (AvgIpc) is 1.43. The Morgan fingerprint density at radius 2 is 0.653 bits per heavy atom. The van der Waals surface area contributed by atoms with Crippen LogP contribution in [-0.2, 0) is 119 Å². The lowest BCUT2D eigenvalue weighted by Crippen LogP contribution is -2.36. The molecule has 3 atom stereocenters. The predicted molar refractivity (Wildman–Crippen MR) is 429 cm³/mol. The predicted octanol–water partition coefficient (Wildman–Crippen LogP) is 0.303. The third-order valence-electron chi connectivity index (χ3n) is 16.6. The van der Waals surface area contributed by atoms with E-state index in [4.69, 9.17) is 115 Å². The van der Waals surface area contributed by atoms with E-state index in [9.17, 15) is 52.7 Å². The largest absolute Gasteiger partial charge is 0.484 e. The van der Waals surface area contributed by atoms with Crippen LogP contribution >= 0.6 is 11.8 Å². The zero-order valence-electron chi connectivity index (χ0n) is 68.7. The Balaban J connectivity index is 1.53. The Labute approximate surface area is 707 Å². The quantitative estimate of drug-likeness (QED) is 0.0241. The van der Waals surface area contributed by atoms with E-state index in [2.05, 4.69) is 37.2 Å². The molecule has 43 heteroatoms. The number of hydrogen-bond donors (Lipinski definition) is 11. The standard InChI is InChI=1S/C78H123N7O35S/c86-64(4-3-11-79-68(87)6-2-1-5-67-77-63(57-121-67)84-78(100)85-77)62-51-61(65(119-55-71(90)82-14-22-107-30-38-115-46-42-111-34-26-103-18-9-75(96)97)52-66(62)120-56-72(91)83-15-23-108-31-39-116-47-43-112-35-27-104-19-10-76(98)99)58-48-59(117-53-69(88)80-12-20-105-28-36-113-44-40-109-32-24-101-16-7-73(92)93)50-60(49-58)118-54-70(89)81-13-21-106-29-37-114-45-41-110-33-25-102-17-8-74(94)95/h48-52,63,67,77H,1-47,53-57H2,(H,79,87)(H,80,88)(H,81,89)(H,82,90)(H,83,91)(H,92,93)(H,94,95)(H,96,97)(H,98,99)(H2,84,85,100)/t63-,67-,77-/m0/s1. The summed E-state index contributed by atoms with van der Waals surface area (Å²) in [6, 6.07) is 7.13. The van der Waals surface area contributed by atoms with Crippen LogP contribution in [0.25, 0.3) is 11.1 Å². The van der Waals surface area contributed by atoms with E-state index in [1.807, 2.05) is 0 Å². The van der Waals surface area contributed by atoms with Gasteiger partial charge in [0.1, 0.15) is 23.0 Å². The number of hydrogen-bond acceptors (Lipinski definition) is 32. The van der Waals surface area contributed by atoms with Gasteiger partial charge in [-0.25, -0.2) is 4.79 Å². The number of urea groups is 1. The third kappa shape index (κ3) is 56.0. The zero-order valence-corrected chi connectivity index (χ0v) is 69.6. The van der Waals surface area contributed by atoms with Crippen molar-refractivity contribution < 1.29 is 168 Å². The van der Waals surface area contributed by atoms with Crippen molar-refractivity contribution in [2.75, 3.05) is 276 Å². The molecular formula is C78H123N7O35S. The number of benzene rings is 2. The van der Waals surface area contributed by atoms with E-state index in [0.29, 0.717) is 6.42 Å². The van der Waals surface area contributed by atoms with Crippen LogP contribution < -0.4 is 56.2 Å². The van der Waals surface area contributed by atoms with Gasteiger partial charge in [-0.2, -0.15) is 11.8 Å². The lowest BCUT2D eigenvalue weighted by atomic mass is 9.97. The van der Waals surface area contributed by atoms with Crippen molar-refractivity contribution in [2.45, 2.75) is 81.5 Å². The molecule has 42 nitrogen and oxygen atoms in total. The van der Waals surface area contributed by atoms with Crippen LogP contribution in [0.1, 0.15) is 74.6 Å². The van der Waals surface area contributed by atoms with Gasteiger partial charge in [0.25, 0.3) is 23.6 Å². The molecule has 0 aliphatic carbocycles. The molecule has 0 bridgehead atoms. The van der Waals surface area contributed by atoms with Crippen molar-refractivity contribution in [1.82, 2.24) is 37.2 Å². The van der Waals surface area contributed by atoms with E-state index < -0.39 is 79.7 Å². The number of fused-ring (bicyclic) bond motifs is 1. The Bertz CT molecular complexity index is 3180. The third-order valence-corrected chi connectivity index (χ3v) is 18.1. The number of carboxylic acid groups (broad SMARTS) is 4. The van der Waals surface area contributed by atoms with Gasteiger partial charge in [0.2, 0.25) is 5.91 Å². The number of unbranched alkanes of at least 4 members (excludes halogenated alkanes) is 1. The number of carbonyl (C=O) groups excluding carboxylic acids is 7. The fourth-order valence-corrected chi connectivity index (χ4v) is 12.2. The number of aliphatic carboxylic acids is 4. The molecule has 2 heterocycles. The number of thioether (sulfide) groups is 1. The Morgan fingerprint density at radius 1 is 0.331 bits per heavy atom. The first-order chi connectivity index (χ1) is 58.9. The second kappa shape index (κ2) is 70.0. The van der Waals surface area contributed by atoms with E-state index in [-0.39, 0.29) is 358 Å². The number of ether oxygens (including phenoxy) is 20. The molecule has 2 aliphatic rings. The SMILES string of the molecule is O=C(O)CCOCCOCCOCCOCCNC(=O)COc1cc(OCC(=O)NCCOCCOCCOCCOCCC(=O)O)cc(-c2cc(C(=O)CCCNC(=O)CCCC[C@@H]3SC[C@@H]4NC(=O)N[C@@H]43)c(OCC(=O)NCCOCCOCCOCCOCCC(=O)O)cc2OCC(=O)NCCOCCOCCOCCOCCC(=O)O)c1. The molecule has 2 fully saturated rings. The Morgan fingerprint density at radius 3 is 1.01 bits per heavy atom. The molecule has 2 saturated heterocycles. The van der Waals surface area contributed by atoms with Crippen molar-refractivity contribution in [3.63, 3.8) is 0 Å². The first-order valence-electron chi connectivity index (χ1n) is 40.4. The number of rotatable bonds is 83. The first kappa shape index (κ1) is 105. The summed E-state index contributed by atoms with van der Waals surface area (Å²) in [5.41, 5.74) is 0.285. The summed E-state index contributed by atoms with van der Waals surface area (Å²) >= 11 is 1.79. The molecule has 0 radical (unpaired) electrons. The summed E-state index contributed by atoms with van der Waals surface area (Å²) in [7, 11) is 0. The van der Waals surface area contributed by atoms with Gasteiger partial charge in [0, 0.05) is 74.3 Å². The highest BCUT2D eigenvalue weighted by Crippen LogP contribution is 2.40. The van der Waals surface area contributed by atoms with Gasteiger partial charge in [-0.05, 0) is 43.0 Å². The van der Waals surface area contributed by atoms with Crippen LogP contribution in [-0.4, -0.2) is 379 Å². The number of Topliss-reactive ketones (excluding diaryl/α,β-unsaturated/α-hetero) is 1. The van der Waals surface area contributed by atoms with Crippen molar-refractivity contribution in [3.05, 3.63) is 35.9 Å². The monoisotopic (exact) mass is 1750 g/mol. The highest BCUT2D eigenvalue weighted by Gasteiger charge is 2.42. The van der Waals surface area contributed by atoms with Crippen LogP contribution in [0, 0.1) is 0 Å². The number of nitrogens with one attached hydrogen (secondary N) is 7. The van der Waals surface area contributed by atoms with Gasteiger partial charge in [0.15, 0.2) is 32.2 Å².